The van der Waals surface area contributed by atoms with Gasteiger partial charge in [-0.2, -0.15) is 4.31 Å². The summed E-state index contributed by atoms with van der Waals surface area (Å²) in [4.78, 5) is 12.1. The molecule has 0 aliphatic carbocycles. The van der Waals surface area contributed by atoms with Crippen LogP contribution in [0.4, 0.5) is 4.39 Å². The van der Waals surface area contributed by atoms with E-state index < -0.39 is 15.9 Å². The van der Waals surface area contributed by atoms with Crippen LogP contribution in [0.2, 0.25) is 0 Å². The Morgan fingerprint density at radius 2 is 2.03 bits per heavy atom. The van der Waals surface area contributed by atoms with Gasteiger partial charge in [-0.05, 0) is 61.1 Å². The fourth-order valence-electron chi connectivity index (χ4n) is 3.59. The van der Waals surface area contributed by atoms with Crippen molar-refractivity contribution in [2.24, 2.45) is 5.92 Å². The number of ether oxygens (including phenoxy) is 1. The lowest BCUT2D eigenvalue weighted by Crippen LogP contribution is -2.29. The van der Waals surface area contributed by atoms with Crippen LogP contribution < -0.4 is 10.1 Å². The van der Waals surface area contributed by atoms with E-state index in [0.29, 0.717) is 37.2 Å². The number of benzene rings is 2. The molecule has 3 rings (SSSR count). The minimum absolute atomic E-state index is 0.0546. The number of carbonyl (C=O) groups is 1. The highest BCUT2D eigenvalue weighted by atomic mass is 32.2. The molecule has 0 spiro atoms. The van der Waals surface area contributed by atoms with Crippen LogP contribution in [-0.2, 0) is 16.4 Å². The fraction of sp³-hybridized carbons (Fsp3) is 0.381. The summed E-state index contributed by atoms with van der Waals surface area (Å²) in [6.45, 7) is 2.47. The Morgan fingerprint density at radius 1 is 1.28 bits per heavy atom. The molecule has 0 bridgehead atoms. The molecule has 1 heterocycles. The molecule has 156 valence electrons. The lowest BCUT2D eigenvalue weighted by atomic mass is 9.98. The molecule has 0 saturated carbocycles. The van der Waals surface area contributed by atoms with E-state index in [1.54, 1.807) is 13.0 Å². The molecule has 1 aliphatic heterocycles. The summed E-state index contributed by atoms with van der Waals surface area (Å²) in [6, 6.07) is 9.42. The van der Waals surface area contributed by atoms with Gasteiger partial charge in [-0.1, -0.05) is 12.1 Å². The molecule has 2 aromatic carbocycles. The van der Waals surface area contributed by atoms with Gasteiger partial charge in [-0.3, -0.25) is 4.79 Å². The van der Waals surface area contributed by atoms with Crippen LogP contribution in [0.1, 0.15) is 27.9 Å². The number of aryl methyl sites for hydroxylation is 1. The lowest BCUT2D eigenvalue weighted by molar-refractivity contribution is 0.0960. The number of methoxy groups -OCH3 is 1. The molecular weight excluding hydrogens is 395 g/mol. The van der Waals surface area contributed by atoms with Crippen LogP contribution in [-0.4, -0.2) is 45.9 Å². The normalized spacial score (nSPS) is 17.3. The first-order valence-electron chi connectivity index (χ1n) is 9.41. The Hall–Kier alpha value is -2.45. The zero-order valence-electron chi connectivity index (χ0n) is 16.7. The summed E-state index contributed by atoms with van der Waals surface area (Å²) in [5.74, 6) is -0.239. The van der Waals surface area contributed by atoms with Gasteiger partial charge < -0.3 is 10.1 Å². The second kappa shape index (κ2) is 8.51. The van der Waals surface area contributed by atoms with Gasteiger partial charge in [0.25, 0.3) is 5.91 Å². The predicted octanol–water partition coefficient (Wildman–Crippen LogP) is 2.76. The van der Waals surface area contributed by atoms with Gasteiger partial charge in [-0.25, -0.2) is 12.8 Å². The van der Waals surface area contributed by atoms with Crippen LogP contribution in [0.15, 0.2) is 41.3 Å². The first kappa shape index (κ1) is 21.3. The quantitative estimate of drug-likeness (QED) is 0.780. The maximum atomic E-state index is 13.8. The number of nitrogens with one attached hydrogen (secondary N) is 1. The Bertz CT molecular complexity index is 1020. The summed E-state index contributed by atoms with van der Waals surface area (Å²) >= 11 is 0. The largest absolute Gasteiger partial charge is 0.496 e. The van der Waals surface area contributed by atoms with Crippen LogP contribution in [0.25, 0.3) is 0 Å². The maximum Gasteiger partial charge on any atom is 0.254 e. The van der Waals surface area contributed by atoms with Crippen molar-refractivity contribution in [2.75, 3.05) is 27.2 Å². The van der Waals surface area contributed by atoms with Crippen molar-refractivity contribution in [1.82, 2.24) is 9.62 Å². The molecule has 0 radical (unpaired) electrons. The third-order valence-electron chi connectivity index (χ3n) is 5.29. The van der Waals surface area contributed by atoms with Crippen molar-refractivity contribution in [3.8, 4) is 5.75 Å². The van der Waals surface area contributed by atoms with Crippen molar-refractivity contribution < 1.29 is 22.3 Å². The monoisotopic (exact) mass is 420 g/mol. The third kappa shape index (κ3) is 4.43. The number of amides is 1. The number of rotatable bonds is 6. The first-order valence-corrected chi connectivity index (χ1v) is 10.9. The standard InChI is InChI=1S/C21H25FN2O4S/c1-14-4-5-15(11-19(14)22)10-16-8-9-24(13-16)29(26,27)17-6-7-20(28-3)18(12-17)21(25)23-2/h4-7,11-12,16H,8-10,13H2,1-3H3,(H,23,25). The summed E-state index contributed by atoms with van der Waals surface area (Å²) in [6.07, 6.45) is 1.32. The summed E-state index contributed by atoms with van der Waals surface area (Å²) in [5.41, 5.74) is 1.63. The number of hydrogen-bond donors (Lipinski definition) is 1. The van der Waals surface area contributed by atoms with Gasteiger partial charge in [0.15, 0.2) is 0 Å². The van der Waals surface area contributed by atoms with E-state index in [9.17, 15) is 17.6 Å². The van der Waals surface area contributed by atoms with E-state index in [-0.39, 0.29) is 22.2 Å². The number of sulfonamides is 1. The molecular formula is C21H25FN2O4S. The molecule has 1 amide bonds. The Morgan fingerprint density at radius 3 is 2.69 bits per heavy atom. The molecule has 2 aromatic rings. The molecule has 29 heavy (non-hydrogen) atoms. The second-order valence-corrected chi connectivity index (χ2v) is 9.18. The number of halogens is 1. The van der Waals surface area contributed by atoms with Gasteiger partial charge in [0.2, 0.25) is 10.0 Å². The highest BCUT2D eigenvalue weighted by Crippen LogP contribution is 2.29. The van der Waals surface area contributed by atoms with Crippen molar-refractivity contribution in [2.45, 2.75) is 24.7 Å². The SMILES string of the molecule is CNC(=O)c1cc(S(=O)(=O)N2CCC(Cc3ccc(C)c(F)c3)C2)ccc1OC. The minimum atomic E-state index is -3.74. The molecule has 0 aromatic heterocycles. The van der Waals surface area contributed by atoms with E-state index in [0.717, 1.165) is 5.56 Å². The Kier molecular flexibility index (Phi) is 6.24. The minimum Gasteiger partial charge on any atom is -0.496 e. The highest BCUT2D eigenvalue weighted by molar-refractivity contribution is 7.89. The van der Waals surface area contributed by atoms with E-state index in [1.165, 1.54) is 42.7 Å². The second-order valence-electron chi connectivity index (χ2n) is 7.25. The fourth-order valence-corrected chi connectivity index (χ4v) is 5.15. The molecule has 1 atom stereocenters. The molecule has 1 saturated heterocycles. The van der Waals surface area contributed by atoms with E-state index in [4.69, 9.17) is 4.74 Å². The number of nitrogens with zero attached hydrogens (tertiary/aromatic N) is 1. The van der Waals surface area contributed by atoms with Gasteiger partial charge in [0.1, 0.15) is 11.6 Å². The Balaban J connectivity index is 1.78. The average Bonchev–Trinajstić information content (AvgIpc) is 3.19. The van der Waals surface area contributed by atoms with Crippen molar-refractivity contribution in [3.05, 3.63) is 58.9 Å². The van der Waals surface area contributed by atoms with Crippen LogP contribution in [0.3, 0.4) is 0 Å². The van der Waals surface area contributed by atoms with Crippen molar-refractivity contribution in [3.63, 3.8) is 0 Å². The number of carbonyl (C=O) groups excluding carboxylic acids is 1. The third-order valence-corrected chi connectivity index (χ3v) is 7.15. The molecule has 1 unspecified atom stereocenters. The van der Waals surface area contributed by atoms with Crippen molar-refractivity contribution >= 4 is 15.9 Å². The zero-order chi connectivity index (χ0) is 21.2. The average molecular weight is 421 g/mol. The molecule has 1 aliphatic rings. The molecule has 6 nitrogen and oxygen atoms in total. The topological polar surface area (TPSA) is 75.7 Å². The summed E-state index contributed by atoms with van der Waals surface area (Å²) in [7, 11) is -0.845. The number of hydrogen-bond acceptors (Lipinski definition) is 4. The van der Waals surface area contributed by atoms with Gasteiger partial charge in [0.05, 0.1) is 17.6 Å². The van der Waals surface area contributed by atoms with E-state index >= 15 is 0 Å². The first-order chi connectivity index (χ1) is 13.8. The van der Waals surface area contributed by atoms with E-state index in [2.05, 4.69) is 5.32 Å². The van der Waals surface area contributed by atoms with Crippen LogP contribution in [0.5, 0.6) is 5.75 Å². The van der Waals surface area contributed by atoms with Crippen LogP contribution in [0, 0.1) is 18.7 Å². The highest BCUT2D eigenvalue weighted by Gasteiger charge is 2.33. The van der Waals surface area contributed by atoms with Gasteiger partial charge in [-0.15, -0.1) is 0 Å². The van der Waals surface area contributed by atoms with E-state index in [1.807, 2.05) is 6.07 Å². The smallest absolute Gasteiger partial charge is 0.254 e. The lowest BCUT2D eigenvalue weighted by Gasteiger charge is -2.18. The maximum absolute atomic E-state index is 13.8. The molecule has 8 heteroatoms. The Labute approximate surface area is 170 Å². The van der Waals surface area contributed by atoms with Crippen molar-refractivity contribution in [1.29, 1.82) is 0 Å². The van der Waals surface area contributed by atoms with Gasteiger partial charge in [0, 0.05) is 20.1 Å². The summed E-state index contributed by atoms with van der Waals surface area (Å²) < 4.78 is 46.6. The molecule has 1 N–H and O–H groups in total. The van der Waals surface area contributed by atoms with Gasteiger partial charge >= 0.3 is 0 Å². The molecule has 1 fully saturated rings. The summed E-state index contributed by atoms with van der Waals surface area (Å²) in [5, 5.41) is 2.49. The zero-order valence-corrected chi connectivity index (χ0v) is 17.6. The van der Waals surface area contributed by atoms with Crippen LogP contribution >= 0.6 is 0 Å². The predicted molar refractivity (Wildman–Crippen MR) is 108 cm³/mol.